The minimum atomic E-state index is 0.294. The molecule has 0 radical (unpaired) electrons. The molecule has 1 aromatic rings. The zero-order valence-electron chi connectivity index (χ0n) is 13.0. The molecule has 2 nitrogen and oxygen atoms in total. The highest BCUT2D eigenvalue weighted by Gasteiger charge is 2.10. The van der Waals surface area contributed by atoms with Crippen LogP contribution in [0.4, 0.5) is 5.69 Å². The number of rotatable bonds is 9. The first-order chi connectivity index (χ1) is 9.60. The summed E-state index contributed by atoms with van der Waals surface area (Å²) in [5.41, 5.74) is 2.34. The highest BCUT2D eigenvalue weighted by Crippen LogP contribution is 2.27. The van der Waals surface area contributed by atoms with Crippen LogP contribution in [-0.4, -0.2) is 20.1 Å². The number of allylic oxidation sites excluding steroid dienone is 1. The molecule has 0 aliphatic carbocycles. The molecule has 0 aliphatic rings. The molecule has 20 heavy (non-hydrogen) atoms. The van der Waals surface area contributed by atoms with Gasteiger partial charge in [-0.25, -0.2) is 0 Å². The van der Waals surface area contributed by atoms with Gasteiger partial charge in [0.2, 0.25) is 0 Å². The quantitative estimate of drug-likeness (QED) is 0.520. The van der Waals surface area contributed by atoms with E-state index in [4.69, 9.17) is 11.6 Å². The molecule has 1 N–H and O–H groups in total. The monoisotopic (exact) mass is 294 g/mol. The summed E-state index contributed by atoms with van der Waals surface area (Å²) >= 11 is 6.43. The maximum atomic E-state index is 6.43. The SMILES string of the molecule is C=CCCCN(C)c1ccc(C(C)NCCC)c(Cl)c1. The average molecular weight is 295 g/mol. The third-order valence-electron chi connectivity index (χ3n) is 3.49. The molecule has 0 heterocycles. The maximum absolute atomic E-state index is 6.43. The minimum Gasteiger partial charge on any atom is -0.375 e. The van der Waals surface area contributed by atoms with E-state index in [0.29, 0.717) is 6.04 Å². The normalized spacial score (nSPS) is 12.2. The van der Waals surface area contributed by atoms with Crippen molar-refractivity contribution in [1.82, 2.24) is 5.32 Å². The third kappa shape index (κ3) is 5.18. The number of benzene rings is 1. The topological polar surface area (TPSA) is 15.3 Å². The zero-order chi connectivity index (χ0) is 15.0. The van der Waals surface area contributed by atoms with E-state index >= 15 is 0 Å². The fourth-order valence-electron chi connectivity index (χ4n) is 2.18. The van der Waals surface area contributed by atoms with Gasteiger partial charge in [-0.3, -0.25) is 0 Å². The standard InChI is InChI=1S/C17H27ClN2/c1-5-7-8-12-20(4)15-9-10-16(17(18)13-15)14(3)19-11-6-2/h5,9-10,13-14,19H,1,6-8,11-12H2,2-4H3. The Morgan fingerprint density at radius 2 is 2.20 bits per heavy atom. The molecule has 1 unspecified atom stereocenters. The minimum absolute atomic E-state index is 0.294. The smallest absolute Gasteiger partial charge is 0.0474 e. The Bertz CT molecular complexity index is 417. The fourth-order valence-corrected chi connectivity index (χ4v) is 2.52. The summed E-state index contributed by atoms with van der Waals surface area (Å²) in [4.78, 5) is 2.24. The van der Waals surface area contributed by atoms with Gasteiger partial charge in [0.15, 0.2) is 0 Å². The van der Waals surface area contributed by atoms with Gasteiger partial charge in [-0.2, -0.15) is 0 Å². The van der Waals surface area contributed by atoms with E-state index < -0.39 is 0 Å². The molecule has 1 aromatic carbocycles. The van der Waals surface area contributed by atoms with Crippen LogP contribution in [0.2, 0.25) is 5.02 Å². The largest absolute Gasteiger partial charge is 0.375 e. The number of anilines is 1. The number of hydrogen-bond donors (Lipinski definition) is 1. The summed E-state index contributed by atoms with van der Waals surface area (Å²) in [5.74, 6) is 0. The number of halogens is 1. The van der Waals surface area contributed by atoms with Gasteiger partial charge in [0, 0.05) is 30.3 Å². The van der Waals surface area contributed by atoms with E-state index in [1.54, 1.807) is 0 Å². The van der Waals surface area contributed by atoms with Crippen LogP contribution in [0.3, 0.4) is 0 Å². The Labute approximate surface area is 128 Å². The van der Waals surface area contributed by atoms with Crippen molar-refractivity contribution in [3.05, 3.63) is 41.4 Å². The molecule has 1 atom stereocenters. The highest BCUT2D eigenvalue weighted by molar-refractivity contribution is 6.31. The molecule has 0 saturated carbocycles. The van der Waals surface area contributed by atoms with Crippen LogP contribution in [0.15, 0.2) is 30.9 Å². The molecule has 0 saturated heterocycles. The molecule has 3 heteroatoms. The van der Waals surface area contributed by atoms with Crippen molar-refractivity contribution in [2.45, 2.75) is 39.2 Å². The van der Waals surface area contributed by atoms with Gasteiger partial charge in [0.05, 0.1) is 0 Å². The number of unbranched alkanes of at least 4 members (excludes halogenated alkanes) is 1. The summed E-state index contributed by atoms with van der Waals surface area (Å²) < 4.78 is 0. The van der Waals surface area contributed by atoms with Gasteiger partial charge in [0.25, 0.3) is 0 Å². The molecular formula is C17H27ClN2. The van der Waals surface area contributed by atoms with Gasteiger partial charge >= 0.3 is 0 Å². The van der Waals surface area contributed by atoms with Crippen molar-refractivity contribution in [1.29, 1.82) is 0 Å². The Morgan fingerprint density at radius 3 is 2.80 bits per heavy atom. The van der Waals surface area contributed by atoms with Crippen LogP contribution in [0.25, 0.3) is 0 Å². The lowest BCUT2D eigenvalue weighted by Gasteiger charge is -2.21. The highest BCUT2D eigenvalue weighted by atomic mass is 35.5. The first-order valence-electron chi connectivity index (χ1n) is 7.45. The number of nitrogens with zero attached hydrogens (tertiary/aromatic N) is 1. The van der Waals surface area contributed by atoms with Crippen molar-refractivity contribution in [3.8, 4) is 0 Å². The summed E-state index contributed by atoms with van der Waals surface area (Å²) in [6, 6.07) is 6.64. The second-order valence-corrected chi connectivity index (χ2v) is 5.64. The van der Waals surface area contributed by atoms with Gasteiger partial charge in [-0.05, 0) is 50.4 Å². The molecular weight excluding hydrogens is 268 g/mol. The van der Waals surface area contributed by atoms with Gasteiger partial charge in [0.1, 0.15) is 0 Å². The van der Waals surface area contributed by atoms with Crippen LogP contribution in [0, 0.1) is 0 Å². The Morgan fingerprint density at radius 1 is 1.45 bits per heavy atom. The summed E-state index contributed by atoms with van der Waals surface area (Å²) in [7, 11) is 2.10. The lowest BCUT2D eigenvalue weighted by molar-refractivity contribution is 0.571. The predicted octanol–water partition coefficient (Wildman–Crippen LogP) is 4.80. The van der Waals surface area contributed by atoms with Crippen LogP contribution < -0.4 is 10.2 Å². The summed E-state index contributed by atoms with van der Waals surface area (Å²) in [6.07, 6.45) is 5.26. The molecule has 112 valence electrons. The van der Waals surface area contributed by atoms with Crippen LogP contribution in [-0.2, 0) is 0 Å². The van der Waals surface area contributed by atoms with Crippen molar-refractivity contribution < 1.29 is 0 Å². The zero-order valence-corrected chi connectivity index (χ0v) is 13.7. The fraction of sp³-hybridized carbons (Fsp3) is 0.529. The van der Waals surface area contributed by atoms with E-state index in [9.17, 15) is 0 Å². The number of nitrogens with one attached hydrogen (secondary N) is 1. The van der Waals surface area contributed by atoms with Crippen molar-refractivity contribution in [2.24, 2.45) is 0 Å². The second-order valence-electron chi connectivity index (χ2n) is 5.23. The van der Waals surface area contributed by atoms with Gasteiger partial charge in [-0.1, -0.05) is 30.7 Å². The van der Waals surface area contributed by atoms with Gasteiger partial charge < -0.3 is 10.2 Å². The molecule has 0 aliphatic heterocycles. The third-order valence-corrected chi connectivity index (χ3v) is 3.82. The molecule has 0 fully saturated rings. The lowest BCUT2D eigenvalue weighted by atomic mass is 10.1. The molecule has 1 rings (SSSR count). The lowest BCUT2D eigenvalue weighted by Crippen LogP contribution is -2.21. The maximum Gasteiger partial charge on any atom is 0.0474 e. The number of hydrogen-bond acceptors (Lipinski definition) is 2. The first-order valence-corrected chi connectivity index (χ1v) is 7.82. The average Bonchev–Trinajstić information content (AvgIpc) is 2.44. The molecule has 0 amide bonds. The van der Waals surface area contributed by atoms with E-state index in [0.717, 1.165) is 37.4 Å². The van der Waals surface area contributed by atoms with Crippen molar-refractivity contribution >= 4 is 17.3 Å². The Balaban J connectivity index is 2.69. The van der Waals surface area contributed by atoms with E-state index in [1.807, 2.05) is 6.08 Å². The Hall–Kier alpha value is -0.990. The van der Waals surface area contributed by atoms with E-state index in [2.05, 4.69) is 55.9 Å². The van der Waals surface area contributed by atoms with E-state index in [-0.39, 0.29) is 0 Å². The van der Waals surface area contributed by atoms with Crippen molar-refractivity contribution in [2.75, 3.05) is 25.0 Å². The van der Waals surface area contributed by atoms with Crippen LogP contribution in [0.1, 0.15) is 44.7 Å². The first kappa shape index (κ1) is 17.1. The predicted molar refractivity (Wildman–Crippen MR) is 90.9 cm³/mol. The van der Waals surface area contributed by atoms with E-state index in [1.165, 1.54) is 11.3 Å². The summed E-state index contributed by atoms with van der Waals surface area (Å²) in [6.45, 7) is 10.1. The molecule has 0 aromatic heterocycles. The molecule has 0 spiro atoms. The summed E-state index contributed by atoms with van der Waals surface area (Å²) in [5, 5.41) is 4.31. The van der Waals surface area contributed by atoms with Crippen LogP contribution in [0.5, 0.6) is 0 Å². The van der Waals surface area contributed by atoms with Crippen molar-refractivity contribution in [3.63, 3.8) is 0 Å². The van der Waals surface area contributed by atoms with Gasteiger partial charge in [-0.15, -0.1) is 6.58 Å². The van der Waals surface area contributed by atoms with Crippen LogP contribution >= 0.6 is 11.6 Å². The second kappa shape index (κ2) is 9.04. The molecule has 0 bridgehead atoms. The Kier molecular flexibility index (Phi) is 7.71.